The highest BCUT2D eigenvalue weighted by Gasteiger charge is 2.11. The summed E-state index contributed by atoms with van der Waals surface area (Å²) in [5, 5.41) is 11.4. The minimum Gasteiger partial charge on any atom is -0.490 e. The lowest BCUT2D eigenvalue weighted by Gasteiger charge is -2.10. The Hall–Kier alpha value is -2.99. The largest absolute Gasteiger partial charge is 0.490 e. The van der Waals surface area contributed by atoms with Gasteiger partial charge in [0.2, 0.25) is 0 Å². The first-order valence-electron chi connectivity index (χ1n) is 8.74. The summed E-state index contributed by atoms with van der Waals surface area (Å²) in [5.41, 5.74) is 1.52. The monoisotopic (exact) mass is 394 g/mol. The normalized spacial score (nSPS) is 10.9. The molecule has 1 aromatic heterocycles. The summed E-state index contributed by atoms with van der Waals surface area (Å²) >= 11 is 1.50. The quantitative estimate of drug-likeness (QED) is 0.308. The molecule has 1 heterocycles. The van der Waals surface area contributed by atoms with Gasteiger partial charge in [0.1, 0.15) is 16.5 Å². The summed E-state index contributed by atoms with van der Waals surface area (Å²) in [4.78, 5) is 0. The van der Waals surface area contributed by atoms with Crippen LogP contribution in [0.4, 0.5) is 8.78 Å². The molecule has 0 N–H and O–H groups in total. The number of rotatable bonds is 6. The Kier molecular flexibility index (Phi) is 5.48. The molecule has 0 fully saturated rings. The van der Waals surface area contributed by atoms with E-state index in [9.17, 15) is 8.78 Å². The van der Waals surface area contributed by atoms with Gasteiger partial charge >= 0.3 is 0 Å². The molecule has 28 heavy (non-hydrogen) atoms. The molecule has 6 heteroatoms. The van der Waals surface area contributed by atoms with E-state index in [1.807, 2.05) is 24.3 Å². The van der Waals surface area contributed by atoms with Crippen molar-refractivity contribution in [2.24, 2.45) is 0 Å². The first-order chi connectivity index (χ1) is 13.7. The van der Waals surface area contributed by atoms with Crippen molar-refractivity contribution in [2.45, 2.75) is 5.03 Å². The molecular weight excluding hydrogens is 378 g/mol. The highest BCUT2D eigenvalue weighted by Crippen LogP contribution is 2.31. The van der Waals surface area contributed by atoms with Gasteiger partial charge < -0.3 is 4.74 Å². The van der Waals surface area contributed by atoms with E-state index in [4.69, 9.17) is 4.74 Å². The third-order valence-electron chi connectivity index (χ3n) is 4.19. The summed E-state index contributed by atoms with van der Waals surface area (Å²) in [6.07, 6.45) is 0. The average molecular weight is 394 g/mol. The number of aromatic nitrogens is 2. The molecule has 0 aliphatic heterocycles. The molecule has 3 aromatic carbocycles. The average Bonchev–Trinajstić information content (AvgIpc) is 2.73. The molecule has 3 nitrogen and oxygen atoms in total. The van der Waals surface area contributed by atoms with Crippen molar-refractivity contribution >= 4 is 22.5 Å². The second-order valence-electron chi connectivity index (χ2n) is 6.03. The van der Waals surface area contributed by atoms with Gasteiger partial charge in [-0.2, -0.15) is 0 Å². The molecule has 0 aliphatic rings. The lowest BCUT2D eigenvalue weighted by atomic mass is 10.1. The Morgan fingerprint density at radius 1 is 0.786 bits per heavy atom. The van der Waals surface area contributed by atoms with Gasteiger partial charge in [0.05, 0.1) is 6.61 Å². The molecule has 0 aliphatic carbocycles. The summed E-state index contributed by atoms with van der Waals surface area (Å²) in [6, 6.07) is 20.4. The Labute approximate surface area is 165 Å². The minimum atomic E-state index is -0.374. The van der Waals surface area contributed by atoms with Crippen LogP contribution >= 0.6 is 11.8 Å². The number of benzene rings is 3. The Balaban J connectivity index is 1.53. The van der Waals surface area contributed by atoms with Gasteiger partial charge in [-0.15, -0.1) is 22.0 Å². The van der Waals surface area contributed by atoms with Crippen molar-refractivity contribution in [3.05, 3.63) is 84.4 Å². The van der Waals surface area contributed by atoms with E-state index in [-0.39, 0.29) is 17.4 Å². The zero-order chi connectivity index (χ0) is 19.3. The molecule has 0 amide bonds. The molecule has 0 radical (unpaired) electrons. The number of fused-ring (bicyclic) bond motifs is 1. The number of halogens is 2. The van der Waals surface area contributed by atoms with Crippen LogP contribution < -0.4 is 4.74 Å². The van der Waals surface area contributed by atoms with Crippen LogP contribution in [0.3, 0.4) is 0 Å². The third-order valence-corrected chi connectivity index (χ3v) is 5.13. The Bertz CT molecular complexity index is 1100. The number of hydrogen-bond donors (Lipinski definition) is 0. The van der Waals surface area contributed by atoms with Gasteiger partial charge in [0.15, 0.2) is 11.6 Å². The molecular formula is C22H16F2N2OS. The standard InChI is InChI=1S/C22H16F2N2OS/c23-16-11-9-15(10-12-16)21-17-5-1-2-6-18(17)22(26-25-21)28-14-13-27-20-8-4-3-7-19(20)24/h1-12H,13-14H2. The number of thioether (sulfide) groups is 1. The fraction of sp³-hybridized carbons (Fsp3) is 0.0909. The van der Waals surface area contributed by atoms with Crippen molar-refractivity contribution in [3.63, 3.8) is 0 Å². The molecule has 0 spiro atoms. The van der Waals surface area contributed by atoms with E-state index < -0.39 is 0 Å². The molecule has 4 aromatic rings. The van der Waals surface area contributed by atoms with Crippen molar-refractivity contribution in [1.82, 2.24) is 10.2 Å². The number of hydrogen-bond acceptors (Lipinski definition) is 4. The van der Waals surface area contributed by atoms with Crippen LogP contribution in [0.25, 0.3) is 22.0 Å². The first-order valence-corrected chi connectivity index (χ1v) is 9.72. The topological polar surface area (TPSA) is 35.0 Å². The zero-order valence-corrected chi connectivity index (χ0v) is 15.6. The van der Waals surface area contributed by atoms with Gasteiger partial charge in [0, 0.05) is 22.1 Å². The number of ether oxygens (including phenoxy) is 1. The van der Waals surface area contributed by atoms with Gasteiger partial charge in [-0.05, 0) is 36.4 Å². The fourth-order valence-corrected chi connectivity index (χ4v) is 3.65. The smallest absolute Gasteiger partial charge is 0.165 e. The maximum absolute atomic E-state index is 13.6. The Morgan fingerprint density at radius 3 is 2.29 bits per heavy atom. The maximum Gasteiger partial charge on any atom is 0.165 e. The number of nitrogens with zero attached hydrogens (tertiary/aromatic N) is 2. The lowest BCUT2D eigenvalue weighted by molar-refractivity contribution is 0.325. The highest BCUT2D eigenvalue weighted by molar-refractivity contribution is 7.99. The fourth-order valence-electron chi connectivity index (χ4n) is 2.86. The Morgan fingerprint density at radius 2 is 1.50 bits per heavy atom. The third kappa shape index (κ3) is 3.97. The van der Waals surface area contributed by atoms with E-state index in [1.54, 1.807) is 30.3 Å². The molecule has 0 atom stereocenters. The first kappa shape index (κ1) is 18.4. The van der Waals surface area contributed by atoms with Crippen molar-refractivity contribution in [1.29, 1.82) is 0 Å². The number of para-hydroxylation sites is 1. The summed E-state index contributed by atoms with van der Waals surface area (Å²) in [7, 11) is 0. The molecule has 140 valence electrons. The van der Waals surface area contributed by atoms with E-state index in [0.717, 1.165) is 21.4 Å². The summed E-state index contributed by atoms with van der Waals surface area (Å²) < 4.78 is 32.3. The molecule has 0 saturated heterocycles. The van der Waals surface area contributed by atoms with Crippen LogP contribution in [0.15, 0.2) is 77.8 Å². The summed E-state index contributed by atoms with van der Waals surface area (Å²) in [5.74, 6) is 0.179. The van der Waals surface area contributed by atoms with Crippen LogP contribution in [0.5, 0.6) is 5.75 Å². The van der Waals surface area contributed by atoms with Gasteiger partial charge in [0.25, 0.3) is 0 Å². The second-order valence-corrected chi connectivity index (χ2v) is 7.12. The van der Waals surface area contributed by atoms with Crippen LogP contribution in [0.1, 0.15) is 0 Å². The molecule has 0 bridgehead atoms. The molecule has 0 unspecified atom stereocenters. The van der Waals surface area contributed by atoms with E-state index in [0.29, 0.717) is 18.1 Å². The van der Waals surface area contributed by atoms with Gasteiger partial charge in [-0.25, -0.2) is 8.78 Å². The van der Waals surface area contributed by atoms with Gasteiger partial charge in [-0.3, -0.25) is 0 Å². The SMILES string of the molecule is Fc1ccc(-c2nnc(SCCOc3ccccc3F)c3ccccc23)cc1. The lowest BCUT2D eigenvalue weighted by Crippen LogP contribution is -2.02. The molecule has 0 saturated carbocycles. The zero-order valence-electron chi connectivity index (χ0n) is 14.8. The van der Waals surface area contributed by atoms with Crippen LogP contribution in [-0.4, -0.2) is 22.6 Å². The predicted molar refractivity (Wildman–Crippen MR) is 108 cm³/mol. The maximum atomic E-state index is 13.6. The van der Waals surface area contributed by atoms with E-state index >= 15 is 0 Å². The second kappa shape index (κ2) is 8.35. The summed E-state index contributed by atoms with van der Waals surface area (Å²) in [6.45, 7) is 0.349. The predicted octanol–water partition coefficient (Wildman–Crippen LogP) is 5.75. The van der Waals surface area contributed by atoms with Crippen molar-refractivity contribution in [3.8, 4) is 17.0 Å². The van der Waals surface area contributed by atoms with Gasteiger partial charge in [-0.1, -0.05) is 36.4 Å². The molecule has 4 rings (SSSR count). The van der Waals surface area contributed by atoms with E-state index in [2.05, 4.69) is 10.2 Å². The van der Waals surface area contributed by atoms with Crippen LogP contribution in [0, 0.1) is 11.6 Å². The minimum absolute atomic E-state index is 0.241. The van der Waals surface area contributed by atoms with Crippen molar-refractivity contribution < 1.29 is 13.5 Å². The highest BCUT2D eigenvalue weighted by atomic mass is 32.2. The van der Waals surface area contributed by atoms with Crippen molar-refractivity contribution in [2.75, 3.05) is 12.4 Å². The van der Waals surface area contributed by atoms with E-state index in [1.165, 1.54) is 30.0 Å². The van der Waals surface area contributed by atoms with Crippen LogP contribution in [-0.2, 0) is 0 Å². The van der Waals surface area contributed by atoms with Crippen LogP contribution in [0.2, 0.25) is 0 Å².